The molecular formula is C33H49ClF2N4O7. The van der Waals surface area contributed by atoms with Crippen LogP contribution in [0.1, 0.15) is 76.7 Å². The highest BCUT2D eigenvalue weighted by Crippen LogP contribution is 2.37. The summed E-state index contributed by atoms with van der Waals surface area (Å²) in [5, 5.41) is 25.3. The fourth-order valence-corrected chi connectivity index (χ4v) is 5.73. The van der Waals surface area contributed by atoms with Crippen LogP contribution in [0.3, 0.4) is 0 Å². The zero-order chi connectivity index (χ0) is 33.9. The van der Waals surface area contributed by atoms with Gasteiger partial charge in [-0.1, -0.05) is 59.6 Å². The molecule has 1 unspecified atom stereocenters. The molecule has 1 aromatic carbocycles. The first-order valence-electron chi connectivity index (χ1n) is 15.7. The van der Waals surface area contributed by atoms with E-state index in [1.165, 1.54) is 6.07 Å². The molecule has 0 bridgehead atoms. The third kappa shape index (κ3) is 9.80. The number of amides is 1. The van der Waals surface area contributed by atoms with Crippen molar-refractivity contribution in [3.05, 3.63) is 46.0 Å². The largest absolute Gasteiger partial charge is 0.471 e. The molecule has 1 amide bonds. The maximum atomic E-state index is 14.9. The molecule has 11 nitrogen and oxygen atoms in total. The van der Waals surface area contributed by atoms with Gasteiger partial charge in [-0.2, -0.15) is 4.98 Å². The van der Waals surface area contributed by atoms with E-state index in [0.29, 0.717) is 5.69 Å². The van der Waals surface area contributed by atoms with Gasteiger partial charge in [-0.25, -0.2) is 13.8 Å². The number of fused-ring (bicyclic) bond motifs is 1. The molecule has 47 heavy (non-hydrogen) atoms. The number of halogens is 3. The van der Waals surface area contributed by atoms with E-state index in [0.717, 1.165) is 37.8 Å². The van der Waals surface area contributed by atoms with E-state index in [1.54, 1.807) is 0 Å². The number of benzene rings is 1. The summed E-state index contributed by atoms with van der Waals surface area (Å²) < 4.78 is 52.1. The summed E-state index contributed by atoms with van der Waals surface area (Å²) in [4.78, 5) is 20.6. The van der Waals surface area contributed by atoms with Gasteiger partial charge >= 0.3 is 0 Å². The minimum absolute atomic E-state index is 0. The van der Waals surface area contributed by atoms with Crippen molar-refractivity contribution in [3.63, 3.8) is 0 Å². The van der Waals surface area contributed by atoms with Crippen LogP contribution in [0.5, 0.6) is 5.88 Å². The SMILES string of the molecule is C.C=Nc1nc(OCc2c(F)cc(C(=O)NCC3(CO)CCCC3)cc2F)c(Cl)cc1NCO[C@@H]1COC2[C@H](O)CO[C@@H]21.CC.CC. The van der Waals surface area contributed by atoms with Crippen LogP contribution >= 0.6 is 11.6 Å². The zero-order valence-electron chi connectivity index (χ0n) is 26.8. The number of aliphatic hydroxyl groups excluding tert-OH is 2. The molecule has 1 aromatic heterocycles. The van der Waals surface area contributed by atoms with Gasteiger partial charge in [0.2, 0.25) is 5.88 Å². The molecular weight excluding hydrogens is 638 g/mol. The summed E-state index contributed by atoms with van der Waals surface area (Å²) in [5.74, 6) is -2.58. The first-order chi connectivity index (χ1) is 22.2. The Labute approximate surface area is 281 Å². The number of aromatic nitrogens is 1. The lowest BCUT2D eigenvalue weighted by molar-refractivity contribution is -0.0311. The number of rotatable bonds is 12. The van der Waals surface area contributed by atoms with Crippen LogP contribution in [-0.2, 0) is 20.8 Å². The van der Waals surface area contributed by atoms with Crippen molar-refractivity contribution in [2.75, 3.05) is 38.4 Å². The number of hydrogen-bond donors (Lipinski definition) is 4. The fourth-order valence-electron chi connectivity index (χ4n) is 5.53. The number of nitrogens with one attached hydrogen (secondary N) is 2. The van der Waals surface area contributed by atoms with E-state index in [1.807, 2.05) is 27.7 Å². The maximum Gasteiger partial charge on any atom is 0.251 e. The Morgan fingerprint density at radius 3 is 2.38 bits per heavy atom. The standard InChI is InChI=1S/C28H33ClF2N4O7.2C2H6.CH4/c1-32-25-20(34-14-42-22-11-40-23-21(37)10-39-24(22)23)8-17(29)27(35-25)41-9-16-18(30)6-15(7-19(16)31)26(38)33-12-28(13-36)4-2-3-5-28;2*1-2;/h6-8,21-24,34,36-37H,1-5,9-14H2,(H,33,38);2*1-2H3;1H4/t21-,22-,23?,24-;;;/m1.../s1. The van der Waals surface area contributed by atoms with Crippen molar-refractivity contribution in [1.29, 1.82) is 0 Å². The van der Waals surface area contributed by atoms with Gasteiger partial charge in [-0.3, -0.25) is 4.79 Å². The molecule has 3 heterocycles. The quantitative estimate of drug-likeness (QED) is 0.161. The molecule has 5 rings (SSSR count). The van der Waals surface area contributed by atoms with Gasteiger partial charge < -0.3 is 39.8 Å². The van der Waals surface area contributed by atoms with Crippen LogP contribution in [0.15, 0.2) is 23.2 Å². The summed E-state index contributed by atoms with van der Waals surface area (Å²) in [6.45, 7) is 11.6. The predicted molar refractivity (Wildman–Crippen MR) is 178 cm³/mol. The van der Waals surface area contributed by atoms with Gasteiger partial charge in [0, 0.05) is 17.5 Å². The first-order valence-corrected chi connectivity index (χ1v) is 16.0. The Hall–Kier alpha value is -2.94. The molecule has 2 saturated heterocycles. The number of hydrogen-bond acceptors (Lipinski definition) is 10. The van der Waals surface area contributed by atoms with Crippen molar-refractivity contribution < 1.29 is 42.7 Å². The van der Waals surface area contributed by atoms with E-state index < -0.39 is 47.3 Å². The minimum Gasteiger partial charge on any atom is -0.471 e. The Balaban J connectivity index is 0.00000148. The van der Waals surface area contributed by atoms with E-state index in [-0.39, 0.29) is 75.0 Å². The van der Waals surface area contributed by atoms with Crippen LogP contribution in [0.25, 0.3) is 0 Å². The monoisotopic (exact) mass is 686 g/mol. The lowest BCUT2D eigenvalue weighted by Crippen LogP contribution is -2.38. The minimum atomic E-state index is -0.969. The topological polar surface area (TPSA) is 144 Å². The molecule has 3 fully saturated rings. The summed E-state index contributed by atoms with van der Waals surface area (Å²) in [6.07, 6.45) is 1.64. The number of ether oxygens (including phenoxy) is 4. The Morgan fingerprint density at radius 2 is 1.77 bits per heavy atom. The van der Waals surface area contributed by atoms with Gasteiger partial charge in [0.1, 0.15) is 54.4 Å². The van der Waals surface area contributed by atoms with Crippen molar-refractivity contribution in [2.45, 2.75) is 91.8 Å². The van der Waals surface area contributed by atoms with Crippen LogP contribution in [0.4, 0.5) is 20.3 Å². The number of anilines is 1. The van der Waals surface area contributed by atoms with E-state index >= 15 is 0 Å². The van der Waals surface area contributed by atoms with E-state index in [9.17, 15) is 23.8 Å². The van der Waals surface area contributed by atoms with Crippen molar-refractivity contribution in [1.82, 2.24) is 10.3 Å². The molecule has 4 N–H and O–H groups in total. The molecule has 1 aliphatic carbocycles. The zero-order valence-corrected chi connectivity index (χ0v) is 27.5. The molecule has 1 saturated carbocycles. The normalized spacial score (nSPS) is 22.1. The Kier molecular flexibility index (Phi) is 16.4. The summed E-state index contributed by atoms with van der Waals surface area (Å²) in [6, 6.07) is 3.33. The second-order valence-corrected chi connectivity index (χ2v) is 11.2. The molecule has 2 aromatic rings. The summed E-state index contributed by atoms with van der Waals surface area (Å²) in [5.41, 5.74) is -0.610. The average Bonchev–Trinajstić information content (AvgIpc) is 3.81. The second-order valence-electron chi connectivity index (χ2n) is 10.7. The predicted octanol–water partition coefficient (Wildman–Crippen LogP) is 5.81. The molecule has 14 heteroatoms. The van der Waals surface area contributed by atoms with Gasteiger partial charge in [-0.05, 0) is 37.8 Å². The number of carbonyl (C=O) groups excluding carboxylic acids is 1. The molecule has 4 atom stereocenters. The molecule has 3 aliphatic rings. The van der Waals surface area contributed by atoms with Crippen molar-refractivity contribution in [2.24, 2.45) is 10.4 Å². The summed E-state index contributed by atoms with van der Waals surface area (Å²) in [7, 11) is 0. The van der Waals surface area contributed by atoms with Gasteiger partial charge in [0.05, 0.1) is 31.1 Å². The highest BCUT2D eigenvalue weighted by molar-refractivity contribution is 6.32. The molecule has 0 radical (unpaired) electrons. The molecule has 264 valence electrons. The highest BCUT2D eigenvalue weighted by Gasteiger charge is 2.47. The van der Waals surface area contributed by atoms with Crippen LogP contribution in [0, 0.1) is 17.0 Å². The first kappa shape index (κ1) is 40.2. The van der Waals surface area contributed by atoms with Crippen LogP contribution in [0.2, 0.25) is 5.02 Å². The molecule has 2 aliphatic heterocycles. The van der Waals surface area contributed by atoms with Gasteiger partial charge in [0.15, 0.2) is 5.82 Å². The number of pyridine rings is 1. The van der Waals surface area contributed by atoms with Crippen molar-refractivity contribution >= 4 is 35.7 Å². The van der Waals surface area contributed by atoms with E-state index in [2.05, 4.69) is 27.3 Å². The highest BCUT2D eigenvalue weighted by atomic mass is 35.5. The summed E-state index contributed by atoms with van der Waals surface area (Å²) >= 11 is 6.32. The van der Waals surface area contributed by atoms with Crippen LogP contribution < -0.4 is 15.4 Å². The number of carbonyl (C=O) groups is 1. The maximum absolute atomic E-state index is 14.9. The average molecular weight is 687 g/mol. The Morgan fingerprint density at radius 1 is 1.13 bits per heavy atom. The molecule has 0 spiro atoms. The Bertz CT molecular complexity index is 1290. The fraction of sp³-hybridized carbons (Fsp3) is 0.606. The lowest BCUT2D eigenvalue weighted by Gasteiger charge is -2.26. The number of aliphatic imine (C=N–C) groups is 1. The number of aliphatic hydroxyl groups is 2. The second kappa shape index (κ2) is 19.2. The van der Waals surface area contributed by atoms with Crippen LogP contribution in [-0.4, -0.2) is 85.3 Å². The number of nitrogens with zero attached hydrogens (tertiary/aromatic N) is 2. The lowest BCUT2D eigenvalue weighted by atomic mass is 9.87. The van der Waals surface area contributed by atoms with Gasteiger partial charge in [0.25, 0.3) is 5.91 Å². The third-order valence-corrected chi connectivity index (χ3v) is 8.27. The van der Waals surface area contributed by atoms with Gasteiger partial charge in [-0.15, -0.1) is 0 Å². The third-order valence-electron chi connectivity index (χ3n) is 8.00. The van der Waals surface area contributed by atoms with Crippen molar-refractivity contribution in [3.8, 4) is 5.88 Å². The van der Waals surface area contributed by atoms with E-state index in [4.69, 9.17) is 30.5 Å². The smallest absolute Gasteiger partial charge is 0.251 e.